The van der Waals surface area contributed by atoms with Gasteiger partial charge < -0.3 is 20.5 Å². The van der Waals surface area contributed by atoms with Crippen molar-refractivity contribution in [3.8, 4) is 5.75 Å². The molecule has 0 atom stereocenters. The van der Waals surface area contributed by atoms with Crippen molar-refractivity contribution in [2.45, 2.75) is 0 Å². The molecule has 5 nitrogen and oxygen atoms in total. The molecule has 0 aliphatic carbocycles. The lowest BCUT2D eigenvalue weighted by Gasteiger charge is -2.23. The number of rotatable bonds is 4. The molecule has 2 rings (SSSR count). The smallest absolute Gasteiger partial charge is 0.337 e. The zero-order valence-electron chi connectivity index (χ0n) is 11.3. The molecule has 3 N–H and O–H groups in total. The fourth-order valence-electron chi connectivity index (χ4n) is 2.06. The number of nitrogens with zero attached hydrogens (tertiary/aromatic N) is 1. The van der Waals surface area contributed by atoms with E-state index in [0.717, 1.165) is 5.69 Å². The Labute approximate surface area is 117 Å². The minimum Gasteiger partial charge on any atom is -0.497 e. The number of carboxylic acid groups (broad SMARTS) is 1. The van der Waals surface area contributed by atoms with Crippen LogP contribution >= 0.6 is 0 Å². The highest BCUT2D eigenvalue weighted by Crippen LogP contribution is 2.33. The highest BCUT2D eigenvalue weighted by molar-refractivity contribution is 5.99. The molecular weight excluding hydrogens is 256 g/mol. The summed E-state index contributed by atoms with van der Waals surface area (Å²) >= 11 is 0. The van der Waals surface area contributed by atoms with Crippen LogP contribution in [0.4, 0.5) is 17.1 Å². The van der Waals surface area contributed by atoms with Crippen LogP contribution in [0, 0.1) is 0 Å². The average Bonchev–Trinajstić information content (AvgIpc) is 2.46. The SMILES string of the molecule is COc1cccc(N(C)c2c(N)cccc2C(=O)O)c1. The topological polar surface area (TPSA) is 75.8 Å². The van der Waals surface area contributed by atoms with Crippen molar-refractivity contribution in [2.75, 3.05) is 24.8 Å². The Morgan fingerprint density at radius 2 is 1.95 bits per heavy atom. The van der Waals surface area contributed by atoms with Gasteiger partial charge in [-0.2, -0.15) is 0 Å². The fraction of sp³-hybridized carbons (Fsp3) is 0.133. The average molecular weight is 272 g/mol. The van der Waals surface area contributed by atoms with Crippen LogP contribution in [0.25, 0.3) is 0 Å². The summed E-state index contributed by atoms with van der Waals surface area (Å²) in [5, 5.41) is 9.28. The van der Waals surface area contributed by atoms with E-state index in [0.29, 0.717) is 17.1 Å². The van der Waals surface area contributed by atoms with Gasteiger partial charge in [0.15, 0.2) is 0 Å². The number of nitrogens with two attached hydrogens (primary N) is 1. The summed E-state index contributed by atoms with van der Waals surface area (Å²) in [6.07, 6.45) is 0. The van der Waals surface area contributed by atoms with Crippen molar-refractivity contribution >= 4 is 23.0 Å². The third kappa shape index (κ3) is 2.51. The van der Waals surface area contributed by atoms with Gasteiger partial charge in [-0.05, 0) is 24.3 Å². The fourth-order valence-corrected chi connectivity index (χ4v) is 2.06. The first-order chi connectivity index (χ1) is 9.54. The monoisotopic (exact) mass is 272 g/mol. The second kappa shape index (κ2) is 5.52. The van der Waals surface area contributed by atoms with Gasteiger partial charge in [-0.3, -0.25) is 0 Å². The second-order valence-corrected chi connectivity index (χ2v) is 4.31. The molecule has 0 spiro atoms. The molecule has 104 valence electrons. The Bertz CT molecular complexity index is 641. The summed E-state index contributed by atoms with van der Waals surface area (Å²) in [6, 6.07) is 12.2. The lowest BCUT2D eigenvalue weighted by Crippen LogP contribution is -2.16. The van der Waals surface area contributed by atoms with E-state index in [1.807, 2.05) is 24.3 Å². The summed E-state index contributed by atoms with van der Waals surface area (Å²) in [5.74, 6) is -0.317. The Kier molecular flexibility index (Phi) is 3.79. The van der Waals surface area contributed by atoms with Gasteiger partial charge in [0.1, 0.15) is 5.75 Å². The van der Waals surface area contributed by atoms with Crippen LogP contribution in [0.15, 0.2) is 42.5 Å². The maximum absolute atomic E-state index is 11.3. The molecule has 20 heavy (non-hydrogen) atoms. The maximum Gasteiger partial charge on any atom is 0.337 e. The Morgan fingerprint density at radius 1 is 1.25 bits per heavy atom. The molecular formula is C15H16N2O3. The molecule has 5 heteroatoms. The van der Waals surface area contributed by atoms with E-state index in [4.69, 9.17) is 10.5 Å². The number of para-hydroxylation sites is 1. The molecule has 0 unspecified atom stereocenters. The third-order valence-electron chi connectivity index (χ3n) is 3.07. The second-order valence-electron chi connectivity index (χ2n) is 4.31. The van der Waals surface area contributed by atoms with Gasteiger partial charge in [0.25, 0.3) is 0 Å². The first kappa shape index (κ1) is 13.7. The van der Waals surface area contributed by atoms with Crippen molar-refractivity contribution in [1.82, 2.24) is 0 Å². The number of nitrogen functional groups attached to an aromatic ring is 1. The Hall–Kier alpha value is -2.69. The number of aromatic carboxylic acids is 1. The molecule has 2 aromatic rings. The van der Waals surface area contributed by atoms with Crippen molar-refractivity contribution < 1.29 is 14.6 Å². The lowest BCUT2D eigenvalue weighted by molar-refractivity contribution is 0.0697. The third-order valence-corrected chi connectivity index (χ3v) is 3.07. The van der Waals surface area contributed by atoms with Crippen LogP contribution < -0.4 is 15.4 Å². The standard InChI is InChI=1S/C15H16N2O3/c1-17(10-5-3-6-11(9-10)20-2)14-12(15(18)19)7-4-8-13(14)16/h3-9H,16H2,1-2H3,(H,18,19). The zero-order valence-corrected chi connectivity index (χ0v) is 11.3. The Morgan fingerprint density at radius 3 is 2.60 bits per heavy atom. The highest BCUT2D eigenvalue weighted by Gasteiger charge is 2.17. The summed E-state index contributed by atoms with van der Waals surface area (Å²) in [5.41, 5.74) is 7.77. The van der Waals surface area contributed by atoms with Gasteiger partial charge >= 0.3 is 5.97 Å². The molecule has 0 heterocycles. The number of methoxy groups -OCH3 is 1. The number of hydrogen-bond donors (Lipinski definition) is 2. The minimum absolute atomic E-state index is 0.162. The molecule has 0 aromatic heterocycles. The predicted molar refractivity (Wildman–Crippen MR) is 78.9 cm³/mol. The van der Waals surface area contributed by atoms with Gasteiger partial charge in [-0.25, -0.2) is 4.79 Å². The number of anilines is 3. The van der Waals surface area contributed by atoms with E-state index < -0.39 is 5.97 Å². The van der Waals surface area contributed by atoms with Crippen molar-refractivity contribution in [1.29, 1.82) is 0 Å². The van der Waals surface area contributed by atoms with Gasteiger partial charge in [0.05, 0.1) is 24.0 Å². The van der Waals surface area contributed by atoms with E-state index in [-0.39, 0.29) is 5.56 Å². The van der Waals surface area contributed by atoms with Crippen molar-refractivity contribution in [2.24, 2.45) is 0 Å². The lowest BCUT2D eigenvalue weighted by atomic mass is 10.1. The predicted octanol–water partition coefficient (Wildman–Crippen LogP) is 2.74. The van der Waals surface area contributed by atoms with Gasteiger partial charge in [0.2, 0.25) is 0 Å². The van der Waals surface area contributed by atoms with E-state index in [2.05, 4.69) is 0 Å². The molecule has 0 saturated heterocycles. The van der Waals surface area contributed by atoms with Gasteiger partial charge in [-0.15, -0.1) is 0 Å². The van der Waals surface area contributed by atoms with E-state index >= 15 is 0 Å². The van der Waals surface area contributed by atoms with Crippen molar-refractivity contribution in [3.05, 3.63) is 48.0 Å². The minimum atomic E-state index is -1.01. The Balaban J connectivity index is 2.52. The molecule has 2 aromatic carbocycles. The van der Waals surface area contributed by atoms with Crippen LogP contribution in [0.2, 0.25) is 0 Å². The zero-order chi connectivity index (χ0) is 14.7. The van der Waals surface area contributed by atoms with Gasteiger partial charge in [-0.1, -0.05) is 12.1 Å². The molecule has 0 saturated carbocycles. The van der Waals surface area contributed by atoms with Crippen molar-refractivity contribution in [3.63, 3.8) is 0 Å². The van der Waals surface area contributed by atoms with E-state index in [1.54, 1.807) is 31.2 Å². The summed E-state index contributed by atoms with van der Waals surface area (Å²) < 4.78 is 5.17. The molecule has 0 radical (unpaired) electrons. The first-order valence-corrected chi connectivity index (χ1v) is 6.04. The first-order valence-electron chi connectivity index (χ1n) is 6.04. The number of hydrogen-bond acceptors (Lipinski definition) is 4. The molecule has 0 amide bonds. The number of carbonyl (C=O) groups is 1. The summed E-state index contributed by atoms with van der Waals surface area (Å²) in [7, 11) is 3.35. The van der Waals surface area contributed by atoms with Crippen LogP contribution in [0.3, 0.4) is 0 Å². The molecule has 0 aliphatic heterocycles. The largest absolute Gasteiger partial charge is 0.497 e. The molecule has 0 aliphatic rings. The summed E-state index contributed by atoms with van der Waals surface area (Å²) in [6.45, 7) is 0. The summed E-state index contributed by atoms with van der Waals surface area (Å²) in [4.78, 5) is 13.1. The number of benzene rings is 2. The quantitative estimate of drug-likeness (QED) is 0.837. The van der Waals surface area contributed by atoms with E-state index in [9.17, 15) is 9.90 Å². The molecule has 0 fully saturated rings. The normalized spacial score (nSPS) is 10.1. The number of ether oxygens (including phenoxy) is 1. The maximum atomic E-state index is 11.3. The highest BCUT2D eigenvalue weighted by atomic mass is 16.5. The molecule has 0 bridgehead atoms. The van der Waals surface area contributed by atoms with Crippen LogP contribution in [-0.4, -0.2) is 25.2 Å². The van der Waals surface area contributed by atoms with Crippen LogP contribution in [0.1, 0.15) is 10.4 Å². The van der Waals surface area contributed by atoms with E-state index in [1.165, 1.54) is 6.07 Å². The van der Waals surface area contributed by atoms with Crippen LogP contribution in [-0.2, 0) is 0 Å². The van der Waals surface area contributed by atoms with Gasteiger partial charge in [0, 0.05) is 18.8 Å². The van der Waals surface area contributed by atoms with Crippen LogP contribution in [0.5, 0.6) is 5.75 Å². The number of carboxylic acids is 1.